The van der Waals surface area contributed by atoms with Gasteiger partial charge in [-0.15, -0.1) is 0 Å². The maximum atomic E-state index is 12.3. The van der Waals surface area contributed by atoms with Crippen molar-refractivity contribution in [3.05, 3.63) is 75.0 Å². The highest BCUT2D eigenvalue weighted by Gasteiger charge is 2.22. The summed E-state index contributed by atoms with van der Waals surface area (Å²) >= 11 is 5.99. The Balaban J connectivity index is 1.83. The normalized spacial score (nSPS) is 12.2. The smallest absolute Gasteiger partial charge is 0.258 e. The first-order valence-electron chi connectivity index (χ1n) is 6.85. The molecule has 0 saturated carbocycles. The Morgan fingerprint density at radius 2 is 1.95 bits per heavy atom. The van der Waals surface area contributed by atoms with E-state index in [1.54, 1.807) is 12.1 Å². The predicted molar refractivity (Wildman–Crippen MR) is 84.6 cm³/mol. The van der Waals surface area contributed by atoms with Gasteiger partial charge in [-0.1, -0.05) is 41.9 Å². The van der Waals surface area contributed by atoms with Crippen molar-refractivity contribution in [3.8, 4) is 23.0 Å². The molecule has 1 aromatic heterocycles. The molecular formula is C17H11ClN2O2. The van der Waals surface area contributed by atoms with Crippen LogP contribution in [0.25, 0.3) is 11.4 Å². The van der Waals surface area contributed by atoms with E-state index in [0.717, 1.165) is 11.1 Å². The van der Waals surface area contributed by atoms with Gasteiger partial charge in [-0.2, -0.15) is 4.98 Å². The van der Waals surface area contributed by atoms with Gasteiger partial charge in [0.2, 0.25) is 5.88 Å². The number of nitrogens with one attached hydrogen (secondary N) is 1. The van der Waals surface area contributed by atoms with Crippen molar-refractivity contribution in [1.82, 2.24) is 9.97 Å². The van der Waals surface area contributed by atoms with Crippen molar-refractivity contribution in [2.75, 3.05) is 0 Å². The molecule has 22 heavy (non-hydrogen) atoms. The van der Waals surface area contributed by atoms with Crippen LogP contribution in [0.5, 0.6) is 11.6 Å². The van der Waals surface area contributed by atoms with E-state index in [4.69, 9.17) is 16.3 Å². The number of benzene rings is 2. The topological polar surface area (TPSA) is 55.0 Å². The number of rotatable bonds is 1. The first-order chi connectivity index (χ1) is 10.7. The molecule has 0 aliphatic carbocycles. The number of aromatic nitrogens is 2. The van der Waals surface area contributed by atoms with Crippen LogP contribution < -0.4 is 10.3 Å². The van der Waals surface area contributed by atoms with Gasteiger partial charge in [-0.25, -0.2) is 0 Å². The maximum Gasteiger partial charge on any atom is 0.258 e. The lowest BCUT2D eigenvalue weighted by atomic mass is 10.0. The van der Waals surface area contributed by atoms with Crippen LogP contribution in [0.1, 0.15) is 11.1 Å². The second-order valence-corrected chi connectivity index (χ2v) is 5.53. The van der Waals surface area contributed by atoms with Crippen LogP contribution in [0, 0.1) is 0 Å². The Kier molecular flexibility index (Phi) is 2.98. The quantitative estimate of drug-likeness (QED) is 0.582. The van der Waals surface area contributed by atoms with E-state index in [2.05, 4.69) is 9.97 Å². The highest BCUT2D eigenvalue weighted by Crippen LogP contribution is 2.35. The van der Waals surface area contributed by atoms with Crippen molar-refractivity contribution in [2.24, 2.45) is 0 Å². The monoisotopic (exact) mass is 310 g/mol. The number of hydrogen-bond donors (Lipinski definition) is 1. The number of halogens is 1. The number of ether oxygens (including phenoxy) is 1. The molecule has 0 atom stereocenters. The lowest BCUT2D eigenvalue weighted by Gasteiger charge is -2.19. The van der Waals surface area contributed by atoms with Crippen LogP contribution in [-0.2, 0) is 6.42 Å². The van der Waals surface area contributed by atoms with E-state index in [1.807, 2.05) is 36.4 Å². The van der Waals surface area contributed by atoms with Crippen LogP contribution in [0.4, 0.5) is 0 Å². The third-order valence-electron chi connectivity index (χ3n) is 3.62. The summed E-state index contributed by atoms with van der Waals surface area (Å²) in [6, 6.07) is 14.9. The van der Waals surface area contributed by atoms with Crippen molar-refractivity contribution >= 4 is 11.6 Å². The van der Waals surface area contributed by atoms with E-state index in [9.17, 15) is 4.79 Å². The summed E-state index contributed by atoms with van der Waals surface area (Å²) in [5.41, 5.74) is 2.07. The van der Waals surface area contributed by atoms with Crippen molar-refractivity contribution in [2.45, 2.75) is 6.42 Å². The summed E-state index contributed by atoms with van der Waals surface area (Å²) in [7, 11) is 0. The fourth-order valence-electron chi connectivity index (χ4n) is 2.53. The molecule has 1 aliphatic heterocycles. The minimum atomic E-state index is -0.186. The Hall–Kier alpha value is -2.59. The molecule has 5 heteroatoms. The SMILES string of the molecule is O=c1[nH]c(-c2ccccc2)nc2c1Cc1cc(Cl)ccc1O2. The summed E-state index contributed by atoms with van der Waals surface area (Å²) in [5.74, 6) is 1.55. The molecule has 2 heterocycles. The maximum absolute atomic E-state index is 12.3. The van der Waals surface area contributed by atoms with Crippen molar-refractivity contribution in [3.63, 3.8) is 0 Å². The number of hydrogen-bond acceptors (Lipinski definition) is 3. The van der Waals surface area contributed by atoms with E-state index in [-0.39, 0.29) is 5.56 Å². The molecule has 1 N–H and O–H groups in total. The zero-order valence-electron chi connectivity index (χ0n) is 11.5. The van der Waals surface area contributed by atoms with E-state index in [0.29, 0.717) is 34.5 Å². The Morgan fingerprint density at radius 3 is 2.77 bits per heavy atom. The van der Waals surface area contributed by atoms with Gasteiger partial charge in [0.05, 0.1) is 5.56 Å². The van der Waals surface area contributed by atoms with Crippen LogP contribution in [0.15, 0.2) is 53.3 Å². The number of H-pyrrole nitrogens is 1. The summed E-state index contributed by atoms with van der Waals surface area (Å²) in [6.07, 6.45) is 0.461. The van der Waals surface area contributed by atoms with Gasteiger partial charge in [-0.05, 0) is 18.2 Å². The average Bonchev–Trinajstić information content (AvgIpc) is 2.54. The third-order valence-corrected chi connectivity index (χ3v) is 3.86. The van der Waals surface area contributed by atoms with Gasteiger partial charge in [0.15, 0.2) is 0 Å². The molecule has 2 aromatic carbocycles. The highest BCUT2D eigenvalue weighted by atomic mass is 35.5. The van der Waals surface area contributed by atoms with Crippen LogP contribution in [-0.4, -0.2) is 9.97 Å². The first-order valence-corrected chi connectivity index (χ1v) is 7.23. The lowest BCUT2D eigenvalue weighted by Crippen LogP contribution is -2.20. The molecule has 4 rings (SSSR count). The van der Waals surface area contributed by atoms with Gasteiger partial charge in [-0.3, -0.25) is 4.79 Å². The summed E-state index contributed by atoms with van der Waals surface area (Å²) in [4.78, 5) is 19.6. The van der Waals surface area contributed by atoms with Gasteiger partial charge in [0.25, 0.3) is 5.56 Å². The molecule has 3 aromatic rings. The zero-order valence-corrected chi connectivity index (χ0v) is 12.2. The second kappa shape index (κ2) is 5.00. The van der Waals surface area contributed by atoms with Crippen LogP contribution >= 0.6 is 11.6 Å². The zero-order chi connectivity index (χ0) is 15.1. The largest absolute Gasteiger partial charge is 0.438 e. The predicted octanol–water partition coefficient (Wildman–Crippen LogP) is 3.79. The van der Waals surface area contributed by atoms with Crippen molar-refractivity contribution < 1.29 is 4.74 Å². The van der Waals surface area contributed by atoms with Gasteiger partial charge in [0.1, 0.15) is 11.6 Å². The van der Waals surface area contributed by atoms with E-state index in [1.165, 1.54) is 0 Å². The second-order valence-electron chi connectivity index (χ2n) is 5.10. The fraction of sp³-hybridized carbons (Fsp3) is 0.0588. The molecule has 0 fully saturated rings. The van der Waals surface area contributed by atoms with Crippen LogP contribution in [0.2, 0.25) is 5.02 Å². The third kappa shape index (κ3) is 2.18. The molecule has 108 valence electrons. The molecular weight excluding hydrogens is 300 g/mol. The highest BCUT2D eigenvalue weighted by molar-refractivity contribution is 6.30. The van der Waals surface area contributed by atoms with E-state index < -0.39 is 0 Å². The molecule has 1 aliphatic rings. The Morgan fingerprint density at radius 1 is 1.14 bits per heavy atom. The summed E-state index contributed by atoms with van der Waals surface area (Å²) in [5, 5.41) is 0.621. The van der Waals surface area contributed by atoms with Gasteiger partial charge < -0.3 is 9.72 Å². The molecule has 4 nitrogen and oxygen atoms in total. The molecule has 0 bridgehead atoms. The molecule has 0 radical (unpaired) electrons. The fourth-order valence-corrected chi connectivity index (χ4v) is 2.73. The van der Waals surface area contributed by atoms with Crippen LogP contribution in [0.3, 0.4) is 0 Å². The summed E-state index contributed by atoms with van der Waals surface area (Å²) < 4.78 is 5.79. The van der Waals surface area contributed by atoms with Crippen molar-refractivity contribution in [1.29, 1.82) is 0 Å². The average molecular weight is 311 g/mol. The molecule has 0 amide bonds. The van der Waals surface area contributed by atoms with Gasteiger partial charge >= 0.3 is 0 Å². The molecule has 0 saturated heterocycles. The standard InChI is InChI=1S/C17H11ClN2O2/c18-12-6-7-14-11(8-12)9-13-16(21)19-15(20-17(13)22-14)10-4-2-1-3-5-10/h1-8H,9H2,(H,19,20,21). The van der Waals surface area contributed by atoms with Gasteiger partial charge in [0, 0.05) is 22.6 Å². The Bertz CT molecular complexity index is 920. The molecule has 0 spiro atoms. The minimum absolute atomic E-state index is 0.186. The minimum Gasteiger partial charge on any atom is -0.438 e. The molecule has 0 unspecified atom stereocenters. The number of aromatic amines is 1. The van der Waals surface area contributed by atoms with E-state index >= 15 is 0 Å². The number of nitrogens with zero attached hydrogens (tertiary/aromatic N) is 1. The number of fused-ring (bicyclic) bond motifs is 2. The first kappa shape index (κ1) is 13.1. The lowest BCUT2D eigenvalue weighted by molar-refractivity contribution is 0.438. The Labute approximate surface area is 131 Å². The summed E-state index contributed by atoms with van der Waals surface area (Å²) in [6.45, 7) is 0.